The predicted molar refractivity (Wildman–Crippen MR) is 119 cm³/mol. The Labute approximate surface area is 197 Å². The molecule has 34 heavy (non-hydrogen) atoms. The molecule has 1 fully saturated rings. The van der Waals surface area contributed by atoms with Crippen LogP contribution in [0, 0.1) is 24.2 Å². The van der Waals surface area contributed by atoms with Gasteiger partial charge in [-0.25, -0.2) is 23.4 Å². The van der Waals surface area contributed by atoms with Crippen LogP contribution in [-0.4, -0.2) is 31.4 Å². The SMILES string of the molecule is Cc1nc(F)ccc1C(Nc1ccc2nc(Cl)c(C#N)cc2c1)c1cn(C2(C(F)F)CC2)nn1. The molecule has 0 aliphatic heterocycles. The van der Waals surface area contributed by atoms with Crippen LogP contribution in [0.2, 0.25) is 5.15 Å². The van der Waals surface area contributed by atoms with Crippen LogP contribution in [0.1, 0.15) is 41.4 Å². The molecule has 5 rings (SSSR count). The molecular weight excluding hydrogens is 467 g/mol. The summed E-state index contributed by atoms with van der Waals surface area (Å²) in [4.78, 5) is 8.13. The summed E-state index contributed by atoms with van der Waals surface area (Å²) in [5.74, 6) is -0.629. The molecule has 0 amide bonds. The fourth-order valence-corrected chi connectivity index (χ4v) is 4.14. The summed E-state index contributed by atoms with van der Waals surface area (Å²) in [6.07, 6.45) is -0.416. The van der Waals surface area contributed by atoms with E-state index in [1.54, 1.807) is 37.3 Å². The van der Waals surface area contributed by atoms with Gasteiger partial charge >= 0.3 is 0 Å². The standard InChI is InChI=1S/C23H17ClF3N7/c1-12-16(3-5-19(25)29-12)20(18-11-34(33-32-18)23(6-7-23)22(26)27)30-15-2-4-17-13(9-15)8-14(10-28)21(24)31-17/h2-5,8-9,11,20,22,30H,6-7H2,1H3. The third-order valence-electron chi connectivity index (χ3n) is 6.04. The maximum absolute atomic E-state index is 13.7. The lowest BCUT2D eigenvalue weighted by molar-refractivity contribution is 0.0593. The topological polar surface area (TPSA) is 92.3 Å². The van der Waals surface area contributed by atoms with Gasteiger partial charge in [-0.2, -0.15) is 9.65 Å². The second kappa shape index (κ2) is 8.25. The third-order valence-corrected chi connectivity index (χ3v) is 6.32. The van der Waals surface area contributed by atoms with Crippen molar-refractivity contribution in [1.82, 2.24) is 25.0 Å². The maximum atomic E-state index is 13.7. The molecule has 1 aliphatic carbocycles. The van der Waals surface area contributed by atoms with Crippen molar-refractivity contribution in [1.29, 1.82) is 5.26 Å². The largest absolute Gasteiger partial charge is 0.373 e. The van der Waals surface area contributed by atoms with E-state index in [1.165, 1.54) is 16.9 Å². The number of anilines is 1. The number of hydrogen-bond acceptors (Lipinski definition) is 6. The smallest absolute Gasteiger partial charge is 0.263 e. The number of benzene rings is 1. The Morgan fingerprint density at radius 3 is 2.65 bits per heavy atom. The first-order valence-electron chi connectivity index (χ1n) is 10.4. The van der Waals surface area contributed by atoms with Crippen LogP contribution in [0.15, 0.2) is 42.6 Å². The van der Waals surface area contributed by atoms with E-state index in [9.17, 15) is 18.4 Å². The lowest BCUT2D eigenvalue weighted by Gasteiger charge is -2.20. The number of aromatic nitrogens is 5. The minimum atomic E-state index is -2.56. The quantitative estimate of drug-likeness (QED) is 0.381. The molecule has 1 atom stereocenters. The normalized spacial score (nSPS) is 15.3. The molecule has 3 aromatic heterocycles. The first-order chi connectivity index (χ1) is 16.3. The van der Waals surface area contributed by atoms with Crippen LogP contribution in [0.3, 0.4) is 0 Å². The molecule has 0 bridgehead atoms. The van der Waals surface area contributed by atoms with E-state index in [0.29, 0.717) is 46.4 Å². The molecule has 0 saturated heterocycles. The van der Waals surface area contributed by atoms with Gasteiger partial charge in [0.25, 0.3) is 6.43 Å². The van der Waals surface area contributed by atoms with Crippen LogP contribution in [-0.2, 0) is 5.54 Å². The number of alkyl halides is 2. The number of nitrogens with zero attached hydrogens (tertiary/aromatic N) is 6. The molecular formula is C23H17ClF3N7. The summed E-state index contributed by atoms with van der Waals surface area (Å²) in [6, 6.07) is 11.1. The van der Waals surface area contributed by atoms with Crippen LogP contribution >= 0.6 is 11.6 Å². The van der Waals surface area contributed by atoms with Crippen molar-refractivity contribution in [3.8, 4) is 6.07 Å². The van der Waals surface area contributed by atoms with Crippen molar-refractivity contribution in [3.05, 3.63) is 76.2 Å². The monoisotopic (exact) mass is 483 g/mol. The zero-order chi connectivity index (χ0) is 24.0. The molecule has 172 valence electrons. The van der Waals surface area contributed by atoms with Crippen molar-refractivity contribution in [2.24, 2.45) is 0 Å². The molecule has 7 nitrogen and oxygen atoms in total. The minimum absolute atomic E-state index is 0.117. The van der Waals surface area contributed by atoms with Gasteiger partial charge in [0.2, 0.25) is 5.95 Å². The number of rotatable bonds is 6. The molecule has 3 heterocycles. The van der Waals surface area contributed by atoms with Gasteiger partial charge in [0.05, 0.1) is 23.3 Å². The highest BCUT2D eigenvalue weighted by atomic mass is 35.5. The summed E-state index contributed by atoms with van der Waals surface area (Å²) < 4.78 is 42.1. The van der Waals surface area contributed by atoms with Crippen molar-refractivity contribution >= 4 is 28.2 Å². The fraction of sp³-hybridized carbons (Fsp3) is 0.261. The van der Waals surface area contributed by atoms with Gasteiger partial charge in [-0.15, -0.1) is 5.10 Å². The molecule has 1 unspecified atom stereocenters. The van der Waals surface area contributed by atoms with E-state index < -0.39 is 24.0 Å². The summed E-state index contributed by atoms with van der Waals surface area (Å²) in [5.41, 5.74) is 1.57. The van der Waals surface area contributed by atoms with E-state index in [-0.39, 0.29) is 10.7 Å². The van der Waals surface area contributed by atoms with Crippen molar-refractivity contribution in [2.75, 3.05) is 5.32 Å². The molecule has 0 spiro atoms. The Kier molecular flexibility index (Phi) is 5.37. The first kappa shape index (κ1) is 22.1. The Morgan fingerprint density at radius 2 is 1.97 bits per heavy atom. The second-order valence-electron chi connectivity index (χ2n) is 8.22. The molecule has 1 N–H and O–H groups in total. The maximum Gasteiger partial charge on any atom is 0.263 e. The number of hydrogen-bond donors (Lipinski definition) is 1. The van der Waals surface area contributed by atoms with Crippen LogP contribution in [0.25, 0.3) is 10.9 Å². The number of pyridine rings is 2. The van der Waals surface area contributed by atoms with E-state index in [2.05, 4.69) is 25.6 Å². The van der Waals surface area contributed by atoms with Gasteiger partial charge in [0, 0.05) is 22.3 Å². The van der Waals surface area contributed by atoms with E-state index in [0.717, 1.165) is 0 Å². The van der Waals surface area contributed by atoms with E-state index in [1.807, 2.05) is 6.07 Å². The average molecular weight is 484 g/mol. The highest BCUT2D eigenvalue weighted by Crippen LogP contribution is 2.48. The average Bonchev–Trinajstić information content (AvgIpc) is 3.48. The zero-order valence-electron chi connectivity index (χ0n) is 17.8. The van der Waals surface area contributed by atoms with E-state index >= 15 is 0 Å². The predicted octanol–water partition coefficient (Wildman–Crippen LogP) is 5.15. The fourth-order valence-electron chi connectivity index (χ4n) is 3.95. The Hall–Kier alpha value is -3.71. The highest BCUT2D eigenvalue weighted by Gasteiger charge is 2.54. The Bertz CT molecular complexity index is 1440. The summed E-state index contributed by atoms with van der Waals surface area (Å²) in [5, 5.41) is 21.5. The van der Waals surface area contributed by atoms with Gasteiger partial charge in [-0.3, -0.25) is 0 Å². The van der Waals surface area contributed by atoms with Crippen LogP contribution in [0.5, 0.6) is 0 Å². The van der Waals surface area contributed by atoms with Gasteiger partial charge in [-0.05, 0) is 50.1 Å². The summed E-state index contributed by atoms with van der Waals surface area (Å²) in [6.45, 7) is 1.66. The van der Waals surface area contributed by atoms with Crippen molar-refractivity contribution in [2.45, 2.75) is 37.8 Å². The summed E-state index contributed by atoms with van der Waals surface area (Å²) in [7, 11) is 0. The molecule has 1 aliphatic rings. The van der Waals surface area contributed by atoms with Gasteiger partial charge < -0.3 is 5.32 Å². The molecule has 4 aromatic rings. The van der Waals surface area contributed by atoms with Gasteiger partial charge in [0.1, 0.15) is 22.5 Å². The lowest BCUT2D eigenvalue weighted by Crippen LogP contribution is -2.26. The second-order valence-corrected chi connectivity index (χ2v) is 8.58. The number of nitriles is 1. The Balaban J connectivity index is 1.56. The number of halogens is 4. The highest BCUT2D eigenvalue weighted by molar-refractivity contribution is 6.31. The Morgan fingerprint density at radius 1 is 1.18 bits per heavy atom. The molecule has 1 aromatic carbocycles. The van der Waals surface area contributed by atoms with E-state index in [4.69, 9.17) is 11.6 Å². The number of aryl methyl sites for hydroxylation is 1. The van der Waals surface area contributed by atoms with Crippen LogP contribution < -0.4 is 5.32 Å². The van der Waals surface area contributed by atoms with Crippen LogP contribution in [0.4, 0.5) is 18.9 Å². The van der Waals surface area contributed by atoms with Crippen molar-refractivity contribution < 1.29 is 13.2 Å². The number of fused-ring (bicyclic) bond motifs is 1. The lowest BCUT2D eigenvalue weighted by atomic mass is 10.0. The minimum Gasteiger partial charge on any atom is -0.373 e. The van der Waals surface area contributed by atoms with Gasteiger partial charge in [0.15, 0.2) is 0 Å². The van der Waals surface area contributed by atoms with Gasteiger partial charge in [-0.1, -0.05) is 22.9 Å². The number of nitrogens with one attached hydrogen (secondary N) is 1. The van der Waals surface area contributed by atoms with Crippen molar-refractivity contribution in [3.63, 3.8) is 0 Å². The molecule has 0 radical (unpaired) electrons. The first-order valence-corrected chi connectivity index (χ1v) is 10.8. The third kappa shape index (κ3) is 3.82. The summed E-state index contributed by atoms with van der Waals surface area (Å²) >= 11 is 6.03. The zero-order valence-corrected chi connectivity index (χ0v) is 18.6. The molecule has 11 heteroatoms. The molecule has 1 saturated carbocycles.